The molecule has 8 heteroatoms. The number of fused-ring (bicyclic) bond motifs is 2. The predicted molar refractivity (Wildman–Crippen MR) is 110 cm³/mol. The van der Waals surface area contributed by atoms with E-state index in [1.807, 2.05) is 0 Å². The second-order valence-corrected chi connectivity index (χ2v) is 9.95. The summed E-state index contributed by atoms with van der Waals surface area (Å²) in [4.78, 5) is 40.1. The largest absolute Gasteiger partial charge is 0.395 e. The van der Waals surface area contributed by atoms with Crippen LogP contribution in [0.1, 0.15) is 55.0 Å². The van der Waals surface area contributed by atoms with Crippen LogP contribution in [0.2, 0.25) is 0 Å². The Hall–Kier alpha value is -2.84. The third kappa shape index (κ3) is 3.46. The SMILES string of the molecule is O=C1c2ccccc2C(=O)c2cc(C(=O)N3CCC(S(=O)(=O)CCO)CC3)ccc21. The van der Waals surface area contributed by atoms with Crippen LogP contribution < -0.4 is 0 Å². The molecule has 1 heterocycles. The molecule has 0 bridgehead atoms. The lowest BCUT2D eigenvalue weighted by Crippen LogP contribution is -2.43. The van der Waals surface area contributed by atoms with Gasteiger partial charge in [0.15, 0.2) is 21.4 Å². The number of aliphatic hydroxyl groups excluding tert-OH is 1. The summed E-state index contributed by atoms with van der Waals surface area (Å²) in [6.45, 7) is 0.147. The number of nitrogens with zero attached hydrogens (tertiary/aromatic N) is 1. The van der Waals surface area contributed by atoms with Crippen molar-refractivity contribution in [2.75, 3.05) is 25.4 Å². The average Bonchev–Trinajstić information content (AvgIpc) is 2.76. The van der Waals surface area contributed by atoms with E-state index in [0.717, 1.165) is 0 Å². The fourth-order valence-corrected chi connectivity index (χ4v) is 5.64. The maximum Gasteiger partial charge on any atom is 0.253 e. The van der Waals surface area contributed by atoms with Crippen molar-refractivity contribution < 1.29 is 27.9 Å². The van der Waals surface area contributed by atoms with E-state index < -0.39 is 21.7 Å². The average molecular weight is 427 g/mol. The normalized spacial score (nSPS) is 16.9. The lowest BCUT2D eigenvalue weighted by molar-refractivity contribution is 0.0725. The minimum absolute atomic E-state index is 0.213. The highest BCUT2D eigenvalue weighted by molar-refractivity contribution is 7.92. The number of hydrogen-bond acceptors (Lipinski definition) is 6. The van der Waals surface area contributed by atoms with Crippen molar-refractivity contribution in [1.29, 1.82) is 0 Å². The van der Waals surface area contributed by atoms with Crippen LogP contribution in [0.5, 0.6) is 0 Å². The second-order valence-electron chi connectivity index (χ2n) is 7.55. The van der Waals surface area contributed by atoms with Crippen LogP contribution in [0, 0.1) is 0 Å². The molecule has 0 saturated carbocycles. The van der Waals surface area contributed by atoms with Gasteiger partial charge in [-0.25, -0.2) is 8.42 Å². The Morgan fingerprint density at radius 2 is 1.50 bits per heavy atom. The quantitative estimate of drug-likeness (QED) is 0.676. The Morgan fingerprint density at radius 1 is 0.933 bits per heavy atom. The van der Waals surface area contributed by atoms with Crippen LogP contribution in [0.15, 0.2) is 42.5 Å². The monoisotopic (exact) mass is 427 g/mol. The Balaban J connectivity index is 1.55. The van der Waals surface area contributed by atoms with Gasteiger partial charge >= 0.3 is 0 Å². The standard InChI is InChI=1S/C22H21NO6S/c24-11-12-30(28,29)15-7-9-23(10-8-15)22(27)14-5-6-18-19(13-14)21(26)17-4-2-1-3-16(17)20(18)25/h1-6,13,15,24H,7-12H2. The zero-order valence-corrected chi connectivity index (χ0v) is 17.0. The summed E-state index contributed by atoms with van der Waals surface area (Å²) < 4.78 is 24.3. The van der Waals surface area contributed by atoms with E-state index >= 15 is 0 Å². The number of rotatable bonds is 4. The lowest BCUT2D eigenvalue weighted by Gasteiger charge is -2.32. The van der Waals surface area contributed by atoms with Crippen molar-refractivity contribution in [1.82, 2.24) is 4.90 Å². The molecule has 1 saturated heterocycles. The molecule has 7 nitrogen and oxygen atoms in total. The zero-order valence-electron chi connectivity index (χ0n) is 16.2. The van der Waals surface area contributed by atoms with E-state index in [-0.39, 0.29) is 47.4 Å². The minimum Gasteiger partial charge on any atom is -0.395 e. The molecule has 4 rings (SSSR count). The van der Waals surface area contributed by atoms with Gasteiger partial charge in [0.1, 0.15) is 0 Å². The van der Waals surface area contributed by atoms with Crippen molar-refractivity contribution >= 4 is 27.3 Å². The highest BCUT2D eigenvalue weighted by atomic mass is 32.2. The smallest absolute Gasteiger partial charge is 0.253 e. The molecule has 1 aliphatic heterocycles. The Bertz CT molecular complexity index is 1150. The molecule has 0 aromatic heterocycles. The van der Waals surface area contributed by atoms with Crippen LogP contribution in [0.3, 0.4) is 0 Å². The highest BCUT2D eigenvalue weighted by Gasteiger charge is 2.33. The van der Waals surface area contributed by atoms with E-state index in [1.165, 1.54) is 18.2 Å². The molecule has 1 fully saturated rings. The van der Waals surface area contributed by atoms with Crippen LogP contribution in [0.25, 0.3) is 0 Å². The number of sulfone groups is 1. The van der Waals surface area contributed by atoms with Gasteiger partial charge in [-0.15, -0.1) is 0 Å². The number of ketones is 2. The van der Waals surface area contributed by atoms with Gasteiger partial charge < -0.3 is 10.0 Å². The summed E-state index contributed by atoms with van der Waals surface area (Å²) >= 11 is 0. The third-order valence-corrected chi connectivity index (χ3v) is 8.02. The first-order valence-electron chi connectivity index (χ1n) is 9.77. The molecule has 2 aromatic carbocycles. The van der Waals surface area contributed by atoms with E-state index in [2.05, 4.69) is 0 Å². The van der Waals surface area contributed by atoms with Crippen molar-refractivity contribution in [3.63, 3.8) is 0 Å². The molecule has 0 radical (unpaired) electrons. The molecule has 0 atom stereocenters. The van der Waals surface area contributed by atoms with E-state index in [1.54, 1.807) is 29.2 Å². The number of hydrogen-bond donors (Lipinski definition) is 1. The van der Waals surface area contributed by atoms with Crippen LogP contribution in [0.4, 0.5) is 0 Å². The molecular formula is C22H21NO6S. The second kappa shape index (κ2) is 7.77. The number of piperidine rings is 1. The zero-order chi connectivity index (χ0) is 21.5. The fraction of sp³-hybridized carbons (Fsp3) is 0.318. The van der Waals surface area contributed by atoms with Crippen molar-refractivity contribution in [3.05, 3.63) is 70.3 Å². The summed E-state index contributed by atoms with van der Waals surface area (Å²) in [7, 11) is -3.37. The molecule has 0 spiro atoms. The molecule has 0 unspecified atom stereocenters. The molecule has 156 valence electrons. The van der Waals surface area contributed by atoms with Crippen LogP contribution >= 0.6 is 0 Å². The van der Waals surface area contributed by atoms with E-state index in [4.69, 9.17) is 5.11 Å². The molecular weight excluding hydrogens is 406 g/mol. The summed E-state index contributed by atoms with van der Waals surface area (Å²) in [5, 5.41) is 8.36. The first kappa shape index (κ1) is 20.4. The number of aliphatic hydroxyl groups is 1. The summed E-state index contributed by atoms with van der Waals surface area (Å²) in [5.41, 5.74) is 1.48. The van der Waals surface area contributed by atoms with E-state index in [9.17, 15) is 22.8 Å². The maximum absolute atomic E-state index is 12.9. The van der Waals surface area contributed by atoms with Gasteiger partial charge in [-0.2, -0.15) is 0 Å². The summed E-state index contributed by atoms with van der Waals surface area (Å²) in [6, 6.07) is 11.1. The van der Waals surface area contributed by atoms with E-state index in [0.29, 0.717) is 29.5 Å². The third-order valence-electron chi connectivity index (χ3n) is 5.78. The molecule has 1 amide bonds. The predicted octanol–water partition coefficient (Wildman–Crippen LogP) is 1.47. The van der Waals surface area contributed by atoms with Gasteiger partial charge in [-0.1, -0.05) is 24.3 Å². The summed E-state index contributed by atoms with van der Waals surface area (Å²) in [6.07, 6.45) is 0.619. The number of amides is 1. The number of carbonyl (C=O) groups is 3. The summed E-state index contributed by atoms with van der Waals surface area (Å²) in [5.74, 6) is -1.10. The molecule has 2 aromatic rings. The number of benzene rings is 2. The van der Waals surface area contributed by atoms with Gasteiger partial charge in [0, 0.05) is 40.9 Å². The molecule has 1 aliphatic carbocycles. The first-order chi connectivity index (χ1) is 14.3. The van der Waals surface area contributed by atoms with Gasteiger partial charge in [0.05, 0.1) is 17.6 Å². The molecule has 30 heavy (non-hydrogen) atoms. The van der Waals surface area contributed by atoms with Gasteiger partial charge in [-0.05, 0) is 31.0 Å². The molecule has 2 aliphatic rings. The number of carbonyl (C=O) groups excluding carboxylic acids is 3. The minimum atomic E-state index is -3.37. The fourth-order valence-electron chi connectivity index (χ4n) is 4.13. The first-order valence-corrected chi connectivity index (χ1v) is 11.5. The van der Waals surface area contributed by atoms with Crippen LogP contribution in [-0.4, -0.2) is 66.6 Å². The maximum atomic E-state index is 12.9. The Labute approximate surface area is 174 Å². The van der Waals surface area contributed by atoms with Crippen molar-refractivity contribution in [3.8, 4) is 0 Å². The van der Waals surface area contributed by atoms with Crippen molar-refractivity contribution in [2.24, 2.45) is 0 Å². The Morgan fingerprint density at radius 3 is 2.10 bits per heavy atom. The topological polar surface area (TPSA) is 109 Å². The lowest BCUT2D eigenvalue weighted by atomic mass is 9.83. The number of likely N-dealkylation sites (tertiary alicyclic amines) is 1. The van der Waals surface area contributed by atoms with Crippen LogP contribution in [-0.2, 0) is 9.84 Å². The van der Waals surface area contributed by atoms with Gasteiger partial charge in [0.2, 0.25) is 0 Å². The van der Waals surface area contributed by atoms with Crippen molar-refractivity contribution in [2.45, 2.75) is 18.1 Å². The Kier molecular flexibility index (Phi) is 5.29. The highest BCUT2D eigenvalue weighted by Crippen LogP contribution is 2.28. The van der Waals surface area contributed by atoms with Gasteiger partial charge in [0.25, 0.3) is 5.91 Å². The van der Waals surface area contributed by atoms with Gasteiger partial charge in [-0.3, -0.25) is 14.4 Å². The molecule has 1 N–H and O–H groups in total.